The quantitative estimate of drug-likeness (QED) is 0.737. The molecular formula is C12H23NO2. The van der Waals surface area contributed by atoms with E-state index in [0.29, 0.717) is 6.42 Å². The minimum Gasteiger partial charge on any atom is -0.480 e. The first-order valence-electron chi connectivity index (χ1n) is 6.13. The Morgan fingerprint density at radius 1 is 1.40 bits per heavy atom. The average molecular weight is 213 g/mol. The predicted molar refractivity (Wildman–Crippen MR) is 60.7 cm³/mol. The molecule has 1 unspecified atom stereocenters. The van der Waals surface area contributed by atoms with Crippen LogP contribution in [0.1, 0.15) is 58.3 Å². The van der Waals surface area contributed by atoms with Gasteiger partial charge in [-0.1, -0.05) is 39.0 Å². The molecule has 1 atom stereocenters. The summed E-state index contributed by atoms with van der Waals surface area (Å²) in [7, 11) is 0. The number of rotatable bonds is 5. The molecule has 1 aliphatic rings. The third-order valence-electron chi connectivity index (χ3n) is 3.68. The van der Waals surface area contributed by atoms with Crippen molar-refractivity contribution in [2.45, 2.75) is 63.8 Å². The van der Waals surface area contributed by atoms with E-state index in [1.807, 2.05) is 0 Å². The van der Waals surface area contributed by atoms with Crippen LogP contribution in [0.15, 0.2) is 0 Å². The third-order valence-corrected chi connectivity index (χ3v) is 3.68. The molecule has 0 amide bonds. The molecule has 0 heterocycles. The van der Waals surface area contributed by atoms with Crippen molar-refractivity contribution >= 4 is 5.97 Å². The van der Waals surface area contributed by atoms with Gasteiger partial charge in [0.1, 0.15) is 5.54 Å². The van der Waals surface area contributed by atoms with Gasteiger partial charge in [0, 0.05) is 0 Å². The van der Waals surface area contributed by atoms with Gasteiger partial charge >= 0.3 is 5.97 Å². The number of carbonyl (C=O) groups is 1. The van der Waals surface area contributed by atoms with E-state index >= 15 is 0 Å². The Kier molecular flexibility index (Phi) is 4.58. The van der Waals surface area contributed by atoms with E-state index < -0.39 is 11.5 Å². The van der Waals surface area contributed by atoms with E-state index in [1.54, 1.807) is 0 Å². The Labute approximate surface area is 92.0 Å². The molecule has 1 aliphatic carbocycles. The van der Waals surface area contributed by atoms with Crippen LogP contribution in [-0.4, -0.2) is 16.6 Å². The number of hydrogen-bond acceptors (Lipinski definition) is 2. The monoisotopic (exact) mass is 213 g/mol. The minimum atomic E-state index is -0.962. The second-order valence-corrected chi connectivity index (χ2v) is 4.78. The Bertz CT molecular complexity index is 212. The first-order chi connectivity index (χ1) is 7.11. The Morgan fingerprint density at radius 2 is 2.00 bits per heavy atom. The van der Waals surface area contributed by atoms with Crippen molar-refractivity contribution in [1.82, 2.24) is 0 Å². The first-order valence-corrected chi connectivity index (χ1v) is 6.13. The summed E-state index contributed by atoms with van der Waals surface area (Å²) in [5.74, 6) is -0.613. The lowest BCUT2D eigenvalue weighted by molar-refractivity contribution is -0.146. The second-order valence-electron chi connectivity index (χ2n) is 4.78. The molecule has 0 spiro atoms. The minimum absolute atomic E-state index is 0.190. The molecule has 0 aromatic carbocycles. The van der Waals surface area contributed by atoms with Crippen molar-refractivity contribution in [3.8, 4) is 0 Å². The standard InChI is InChI=1S/C12H23NO2/c1-2-3-9-12(13,11(14)15)10-7-5-4-6-8-10/h10H,2-9,13H2,1H3,(H,14,15). The summed E-state index contributed by atoms with van der Waals surface area (Å²) < 4.78 is 0. The van der Waals surface area contributed by atoms with Crippen LogP contribution in [0, 0.1) is 5.92 Å². The summed E-state index contributed by atoms with van der Waals surface area (Å²) in [5.41, 5.74) is 5.14. The number of hydrogen-bond donors (Lipinski definition) is 2. The molecule has 3 nitrogen and oxygen atoms in total. The van der Waals surface area contributed by atoms with Gasteiger partial charge in [-0.05, 0) is 25.2 Å². The number of carboxylic acids is 1. The van der Waals surface area contributed by atoms with Crippen LogP contribution >= 0.6 is 0 Å². The maximum atomic E-state index is 11.3. The van der Waals surface area contributed by atoms with Crippen molar-refractivity contribution in [1.29, 1.82) is 0 Å². The fourth-order valence-corrected chi connectivity index (χ4v) is 2.57. The molecule has 15 heavy (non-hydrogen) atoms. The molecule has 1 fully saturated rings. The predicted octanol–water partition coefficient (Wildman–Crippen LogP) is 2.54. The highest BCUT2D eigenvalue weighted by atomic mass is 16.4. The number of aliphatic carboxylic acids is 1. The SMILES string of the molecule is CCCCC(N)(C(=O)O)C1CCCCC1. The van der Waals surface area contributed by atoms with E-state index in [-0.39, 0.29) is 5.92 Å². The first kappa shape index (κ1) is 12.5. The lowest BCUT2D eigenvalue weighted by Gasteiger charge is -2.36. The van der Waals surface area contributed by atoms with Crippen LogP contribution in [0.3, 0.4) is 0 Å². The van der Waals surface area contributed by atoms with Gasteiger partial charge in [-0.25, -0.2) is 0 Å². The lowest BCUT2D eigenvalue weighted by atomic mass is 9.73. The van der Waals surface area contributed by atoms with Crippen LogP contribution in [0.25, 0.3) is 0 Å². The molecule has 0 aromatic heterocycles. The van der Waals surface area contributed by atoms with Crippen molar-refractivity contribution in [2.24, 2.45) is 11.7 Å². The average Bonchev–Trinajstić information content (AvgIpc) is 2.27. The molecule has 0 aliphatic heterocycles. The van der Waals surface area contributed by atoms with E-state index in [9.17, 15) is 9.90 Å². The van der Waals surface area contributed by atoms with Gasteiger partial charge in [0.2, 0.25) is 0 Å². The topological polar surface area (TPSA) is 63.3 Å². The maximum absolute atomic E-state index is 11.3. The normalized spacial score (nSPS) is 22.3. The van der Waals surface area contributed by atoms with Crippen molar-refractivity contribution < 1.29 is 9.90 Å². The fraction of sp³-hybridized carbons (Fsp3) is 0.917. The summed E-state index contributed by atoms with van der Waals surface area (Å²) in [6.07, 6.45) is 8.06. The van der Waals surface area contributed by atoms with Gasteiger partial charge < -0.3 is 10.8 Å². The summed E-state index contributed by atoms with van der Waals surface area (Å²) in [6.45, 7) is 2.07. The van der Waals surface area contributed by atoms with Crippen LogP contribution in [0.2, 0.25) is 0 Å². The van der Waals surface area contributed by atoms with Gasteiger partial charge in [0.15, 0.2) is 0 Å². The summed E-state index contributed by atoms with van der Waals surface area (Å²) in [5, 5.41) is 9.29. The van der Waals surface area contributed by atoms with Crippen LogP contribution < -0.4 is 5.73 Å². The van der Waals surface area contributed by atoms with Crippen molar-refractivity contribution in [3.63, 3.8) is 0 Å². The Balaban J connectivity index is 2.65. The molecule has 0 saturated heterocycles. The Hall–Kier alpha value is -0.570. The van der Waals surface area contributed by atoms with Crippen molar-refractivity contribution in [3.05, 3.63) is 0 Å². The van der Waals surface area contributed by atoms with E-state index in [1.165, 1.54) is 6.42 Å². The van der Waals surface area contributed by atoms with Gasteiger partial charge in [0.05, 0.1) is 0 Å². The molecule has 0 radical (unpaired) electrons. The summed E-state index contributed by atoms with van der Waals surface area (Å²) in [6, 6.07) is 0. The number of nitrogens with two attached hydrogens (primary N) is 1. The van der Waals surface area contributed by atoms with Gasteiger partial charge in [0.25, 0.3) is 0 Å². The highest BCUT2D eigenvalue weighted by Gasteiger charge is 2.41. The van der Waals surface area contributed by atoms with Crippen LogP contribution in [0.4, 0.5) is 0 Å². The number of carboxylic acid groups (broad SMARTS) is 1. The molecule has 0 aromatic rings. The van der Waals surface area contributed by atoms with E-state index in [4.69, 9.17) is 5.73 Å². The molecule has 88 valence electrons. The van der Waals surface area contributed by atoms with Crippen LogP contribution in [-0.2, 0) is 4.79 Å². The van der Waals surface area contributed by atoms with Crippen LogP contribution in [0.5, 0.6) is 0 Å². The largest absolute Gasteiger partial charge is 0.480 e. The van der Waals surface area contributed by atoms with Gasteiger partial charge in [-0.3, -0.25) is 4.79 Å². The highest BCUT2D eigenvalue weighted by molar-refractivity contribution is 5.78. The number of unbranched alkanes of at least 4 members (excludes halogenated alkanes) is 1. The second kappa shape index (κ2) is 5.50. The maximum Gasteiger partial charge on any atom is 0.323 e. The summed E-state index contributed by atoms with van der Waals surface area (Å²) in [4.78, 5) is 11.3. The third kappa shape index (κ3) is 2.94. The zero-order valence-electron chi connectivity index (χ0n) is 9.67. The zero-order chi connectivity index (χ0) is 11.3. The molecule has 1 rings (SSSR count). The zero-order valence-corrected chi connectivity index (χ0v) is 9.67. The van der Waals surface area contributed by atoms with E-state index in [2.05, 4.69) is 6.92 Å². The Morgan fingerprint density at radius 3 is 2.47 bits per heavy atom. The molecule has 1 saturated carbocycles. The molecule has 0 bridgehead atoms. The molecule has 3 heteroatoms. The smallest absolute Gasteiger partial charge is 0.323 e. The van der Waals surface area contributed by atoms with Crippen molar-refractivity contribution in [2.75, 3.05) is 0 Å². The molecule has 3 N–H and O–H groups in total. The fourth-order valence-electron chi connectivity index (χ4n) is 2.57. The summed E-state index contributed by atoms with van der Waals surface area (Å²) >= 11 is 0. The van der Waals surface area contributed by atoms with E-state index in [0.717, 1.165) is 38.5 Å². The highest BCUT2D eigenvalue weighted by Crippen LogP contribution is 2.34. The van der Waals surface area contributed by atoms with Gasteiger partial charge in [-0.2, -0.15) is 0 Å². The van der Waals surface area contributed by atoms with Gasteiger partial charge in [-0.15, -0.1) is 0 Å². The lowest BCUT2D eigenvalue weighted by Crippen LogP contribution is -2.54. The molecular weight excluding hydrogens is 190 g/mol.